The maximum Gasteiger partial charge on any atom is 0.326 e. The van der Waals surface area contributed by atoms with E-state index in [9.17, 15) is 33.5 Å². The van der Waals surface area contributed by atoms with Gasteiger partial charge < -0.3 is 25.2 Å². The highest BCUT2D eigenvalue weighted by molar-refractivity contribution is 5.97. The molecule has 0 saturated heterocycles. The molecule has 0 radical (unpaired) electrons. The molecule has 170 valence electrons. The molecule has 1 aromatic carbocycles. The van der Waals surface area contributed by atoms with Crippen LogP contribution in [0.5, 0.6) is 0 Å². The molecule has 0 fully saturated rings. The van der Waals surface area contributed by atoms with Gasteiger partial charge in [0.2, 0.25) is 11.8 Å². The number of carbonyl (C=O) groups excluding carboxylic acids is 4. The molecule has 0 aromatic heterocycles. The number of esters is 2. The summed E-state index contributed by atoms with van der Waals surface area (Å²) in [6.45, 7) is 2.39. The van der Waals surface area contributed by atoms with E-state index in [1.165, 1.54) is 25.1 Å². The minimum atomic E-state index is -1.72. The maximum atomic E-state index is 14.0. The molecule has 0 aliphatic rings. The molecule has 0 unspecified atom stereocenters. The first-order valence-electron chi connectivity index (χ1n) is 9.22. The average molecular weight is 440 g/mol. The van der Waals surface area contributed by atoms with E-state index in [1.807, 2.05) is 0 Å². The van der Waals surface area contributed by atoms with E-state index in [4.69, 9.17) is 0 Å². The predicted octanol–water partition coefficient (Wildman–Crippen LogP) is 0.0406. The fourth-order valence-electron chi connectivity index (χ4n) is 2.98. The van der Waals surface area contributed by atoms with Gasteiger partial charge in [0.1, 0.15) is 17.9 Å². The van der Waals surface area contributed by atoms with Gasteiger partial charge in [0.15, 0.2) is 5.92 Å². The molecule has 0 spiro atoms. The molecule has 0 saturated carbocycles. The molecule has 3 atom stereocenters. The quantitative estimate of drug-likeness (QED) is 0.341. The lowest BCUT2D eigenvalue weighted by atomic mass is 9.87. The van der Waals surface area contributed by atoms with Crippen molar-refractivity contribution in [3.05, 3.63) is 35.6 Å². The monoisotopic (exact) mass is 440 g/mol. The molecular weight excluding hydrogens is 415 g/mol. The van der Waals surface area contributed by atoms with Gasteiger partial charge in [-0.2, -0.15) is 0 Å². The predicted molar refractivity (Wildman–Crippen MR) is 104 cm³/mol. The van der Waals surface area contributed by atoms with Gasteiger partial charge in [-0.3, -0.25) is 19.2 Å². The summed E-state index contributed by atoms with van der Waals surface area (Å²) in [5.74, 6) is -8.65. The lowest BCUT2D eigenvalue weighted by Gasteiger charge is -2.27. The highest BCUT2D eigenvalue weighted by Gasteiger charge is 2.42. The third-order valence-corrected chi connectivity index (χ3v) is 4.60. The number of hydrogen-bond donors (Lipinski definition) is 3. The Balaban J connectivity index is 3.16. The number of hydrogen-bond acceptors (Lipinski definition) is 7. The number of carboxylic acids is 1. The van der Waals surface area contributed by atoms with Gasteiger partial charge in [-0.1, -0.05) is 25.1 Å². The van der Waals surface area contributed by atoms with Crippen LogP contribution in [0.2, 0.25) is 0 Å². The second kappa shape index (κ2) is 11.6. The standard InChI is InChI=1S/C20H25FN2O8/c1-10(15(19(28)30-3)20(29)31-4)16(18(26)27)23-17(25)14(22-11(2)24)9-12-7-5-6-8-13(12)21/h5-8,10,14-16H,9H2,1-4H3,(H,22,24)(H,23,25)(H,26,27)/t10-,14+,16+/m0/s1. The van der Waals surface area contributed by atoms with Crippen molar-refractivity contribution >= 4 is 29.7 Å². The molecule has 11 heteroatoms. The largest absolute Gasteiger partial charge is 0.480 e. The third-order valence-electron chi connectivity index (χ3n) is 4.60. The number of ether oxygens (including phenoxy) is 2. The molecule has 3 N–H and O–H groups in total. The smallest absolute Gasteiger partial charge is 0.326 e. The Labute approximate surface area is 178 Å². The number of amides is 2. The Hall–Kier alpha value is -3.50. The summed E-state index contributed by atoms with van der Waals surface area (Å²) in [7, 11) is 2.03. The molecule has 10 nitrogen and oxygen atoms in total. The van der Waals surface area contributed by atoms with E-state index in [1.54, 1.807) is 6.07 Å². The lowest BCUT2D eigenvalue weighted by molar-refractivity contribution is -0.163. The van der Waals surface area contributed by atoms with Crippen molar-refractivity contribution in [3.8, 4) is 0 Å². The summed E-state index contributed by atoms with van der Waals surface area (Å²) < 4.78 is 23.1. The second-order valence-corrected chi connectivity index (χ2v) is 6.76. The van der Waals surface area contributed by atoms with E-state index in [0.29, 0.717) is 0 Å². The van der Waals surface area contributed by atoms with E-state index < -0.39 is 59.5 Å². The van der Waals surface area contributed by atoms with Gasteiger partial charge >= 0.3 is 17.9 Å². The fraction of sp³-hybridized carbons (Fsp3) is 0.450. The Morgan fingerprint density at radius 1 is 1.03 bits per heavy atom. The number of carbonyl (C=O) groups is 5. The third kappa shape index (κ3) is 7.05. The van der Waals surface area contributed by atoms with Crippen LogP contribution in [0.4, 0.5) is 4.39 Å². The maximum absolute atomic E-state index is 14.0. The second-order valence-electron chi connectivity index (χ2n) is 6.76. The first-order valence-corrected chi connectivity index (χ1v) is 9.22. The number of carboxylic acid groups (broad SMARTS) is 1. The van der Waals surface area contributed by atoms with Crippen LogP contribution in [0.15, 0.2) is 24.3 Å². The van der Waals surface area contributed by atoms with Gasteiger partial charge in [0.05, 0.1) is 14.2 Å². The van der Waals surface area contributed by atoms with Gasteiger partial charge in [-0.15, -0.1) is 0 Å². The Kier molecular flexibility index (Phi) is 9.58. The first-order chi connectivity index (χ1) is 14.5. The van der Waals surface area contributed by atoms with Crippen molar-refractivity contribution in [1.29, 1.82) is 0 Å². The van der Waals surface area contributed by atoms with E-state index >= 15 is 0 Å². The molecule has 31 heavy (non-hydrogen) atoms. The van der Waals surface area contributed by atoms with Gasteiger partial charge in [-0.25, -0.2) is 9.18 Å². The van der Waals surface area contributed by atoms with Crippen LogP contribution in [0, 0.1) is 17.7 Å². The van der Waals surface area contributed by atoms with E-state index in [2.05, 4.69) is 20.1 Å². The van der Waals surface area contributed by atoms with Crippen LogP contribution >= 0.6 is 0 Å². The summed E-state index contributed by atoms with van der Waals surface area (Å²) >= 11 is 0. The summed E-state index contributed by atoms with van der Waals surface area (Å²) in [5.41, 5.74) is 0.123. The zero-order valence-corrected chi connectivity index (χ0v) is 17.5. The van der Waals surface area contributed by atoms with Crippen molar-refractivity contribution in [2.75, 3.05) is 14.2 Å². The van der Waals surface area contributed by atoms with Crippen molar-refractivity contribution in [3.63, 3.8) is 0 Å². The Bertz CT molecular complexity index is 828. The van der Waals surface area contributed by atoms with Crippen LogP contribution in [0.25, 0.3) is 0 Å². The van der Waals surface area contributed by atoms with Crippen LogP contribution in [-0.4, -0.2) is 61.1 Å². The molecule has 1 aromatic rings. The van der Waals surface area contributed by atoms with Crippen molar-refractivity contribution in [1.82, 2.24) is 10.6 Å². The average Bonchev–Trinajstić information content (AvgIpc) is 2.71. The Morgan fingerprint density at radius 2 is 1.58 bits per heavy atom. The van der Waals surface area contributed by atoms with Gasteiger partial charge in [-0.05, 0) is 11.6 Å². The van der Waals surface area contributed by atoms with Crippen LogP contribution in [-0.2, 0) is 39.9 Å². The van der Waals surface area contributed by atoms with Gasteiger partial charge in [0.25, 0.3) is 0 Å². The van der Waals surface area contributed by atoms with Crippen LogP contribution in [0.3, 0.4) is 0 Å². The van der Waals surface area contributed by atoms with E-state index in [0.717, 1.165) is 21.1 Å². The minimum Gasteiger partial charge on any atom is -0.480 e. The van der Waals surface area contributed by atoms with Crippen molar-refractivity contribution in [2.45, 2.75) is 32.4 Å². The molecular formula is C20H25FN2O8. The molecule has 0 heterocycles. The highest BCUT2D eigenvalue weighted by atomic mass is 19.1. The first kappa shape index (κ1) is 25.5. The van der Waals surface area contributed by atoms with Crippen LogP contribution < -0.4 is 10.6 Å². The molecule has 0 aliphatic carbocycles. The summed E-state index contributed by atoms with van der Waals surface area (Å²) in [4.78, 5) is 60.1. The normalized spacial score (nSPS) is 13.5. The molecule has 1 rings (SSSR count). The summed E-state index contributed by atoms with van der Waals surface area (Å²) in [6.07, 6.45) is -0.254. The summed E-state index contributed by atoms with van der Waals surface area (Å²) in [5, 5.41) is 14.1. The van der Waals surface area contributed by atoms with Crippen LogP contribution in [0.1, 0.15) is 19.4 Å². The zero-order valence-electron chi connectivity index (χ0n) is 17.5. The number of aliphatic carboxylic acids is 1. The topological polar surface area (TPSA) is 148 Å². The highest BCUT2D eigenvalue weighted by Crippen LogP contribution is 2.20. The lowest BCUT2D eigenvalue weighted by Crippen LogP contribution is -2.56. The number of halogens is 1. The minimum absolute atomic E-state index is 0.123. The van der Waals surface area contributed by atoms with E-state index in [-0.39, 0.29) is 12.0 Å². The number of nitrogens with one attached hydrogen (secondary N) is 2. The summed E-state index contributed by atoms with van der Waals surface area (Å²) in [6, 6.07) is 2.57. The van der Waals surface area contributed by atoms with Gasteiger partial charge in [0, 0.05) is 19.3 Å². The number of benzene rings is 1. The SMILES string of the molecule is COC(=O)C(C(=O)OC)[C@H](C)[C@@H](NC(=O)[C@@H](Cc1ccccc1F)NC(C)=O)C(=O)O. The Morgan fingerprint density at radius 3 is 2.03 bits per heavy atom. The molecule has 2 amide bonds. The molecule has 0 aliphatic heterocycles. The van der Waals surface area contributed by atoms with Crippen molar-refractivity contribution in [2.24, 2.45) is 11.8 Å². The van der Waals surface area contributed by atoms with Crippen molar-refractivity contribution < 1.29 is 42.9 Å². The zero-order chi connectivity index (χ0) is 23.7. The number of methoxy groups -OCH3 is 2. The molecule has 0 bridgehead atoms. The fourth-order valence-corrected chi connectivity index (χ4v) is 2.98. The number of rotatable bonds is 10.